The van der Waals surface area contributed by atoms with E-state index < -0.39 is 0 Å². The number of phenolic OH excluding ortho intramolecular Hbond substituents is 1. The average molecular weight is 327 g/mol. The maximum atomic E-state index is 9.69. The Bertz CT molecular complexity index is 1050. The summed E-state index contributed by atoms with van der Waals surface area (Å²) in [5.74, 6) is 0.996. The molecule has 2 heterocycles. The Morgan fingerprint density at radius 1 is 0.880 bits per heavy atom. The summed E-state index contributed by atoms with van der Waals surface area (Å²) in [7, 11) is 0. The highest BCUT2D eigenvalue weighted by atomic mass is 16.3. The fraction of sp³-hybridized carbons (Fsp3) is 0.0476. The van der Waals surface area contributed by atoms with Crippen LogP contribution in [0.3, 0.4) is 0 Å². The summed E-state index contributed by atoms with van der Waals surface area (Å²) >= 11 is 0. The van der Waals surface area contributed by atoms with Crippen LogP contribution in [0.1, 0.15) is 5.69 Å². The normalized spacial score (nSPS) is 10.8. The Hall–Kier alpha value is -3.40. The highest BCUT2D eigenvalue weighted by Crippen LogP contribution is 2.35. The van der Waals surface area contributed by atoms with Crippen LogP contribution in [0.15, 0.2) is 73.1 Å². The Morgan fingerprint density at radius 3 is 2.40 bits per heavy atom. The molecule has 4 aromatic rings. The number of fused-ring (bicyclic) bond motifs is 1. The van der Waals surface area contributed by atoms with E-state index in [1.807, 2.05) is 37.3 Å². The molecule has 0 saturated heterocycles. The summed E-state index contributed by atoms with van der Waals surface area (Å²) in [6.45, 7) is 2.01. The number of benzene rings is 2. The van der Waals surface area contributed by atoms with Gasteiger partial charge in [0.15, 0.2) is 0 Å². The second-order valence-corrected chi connectivity index (χ2v) is 5.88. The van der Waals surface area contributed by atoms with Gasteiger partial charge in [-0.3, -0.25) is 4.98 Å². The molecule has 0 fully saturated rings. The number of aryl methyl sites for hydroxylation is 1. The number of anilines is 2. The van der Waals surface area contributed by atoms with Crippen molar-refractivity contribution in [1.29, 1.82) is 0 Å². The van der Waals surface area contributed by atoms with Gasteiger partial charge in [0.05, 0.1) is 0 Å². The van der Waals surface area contributed by atoms with Crippen LogP contribution in [0, 0.1) is 6.92 Å². The monoisotopic (exact) mass is 327 g/mol. The first-order valence-corrected chi connectivity index (χ1v) is 8.08. The van der Waals surface area contributed by atoms with Gasteiger partial charge < -0.3 is 10.4 Å². The summed E-state index contributed by atoms with van der Waals surface area (Å²) in [6.07, 6.45) is 3.59. The molecule has 4 heteroatoms. The molecule has 122 valence electrons. The van der Waals surface area contributed by atoms with Crippen molar-refractivity contribution in [3.63, 3.8) is 0 Å². The van der Waals surface area contributed by atoms with Gasteiger partial charge in [0.2, 0.25) is 0 Å². The van der Waals surface area contributed by atoms with E-state index in [0.717, 1.165) is 39.1 Å². The fourth-order valence-electron chi connectivity index (χ4n) is 3.08. The zero-order valence-electron chi connectivity index (χ0n) is 13.8. The van der Waals surface area contributed by atoms with Crippen LogP contribution in [-0.2, 0) is 0 Å². The molecule has 0 spiro atoms. The van der Waals surface area contributed by atoms with Gasteiger partial charge in [-0.15, -0.1) is 0 Å². The zero-order chi connectivity index (χ0) is 17.2. The van der Waals surface area contributed by atoms with Crippen LogP contribution in [0.2, 0.25) is 0 Å². The summed E-state index contributed by atoms with van der Waals surface area (Å²) in [6, 6.07) is 19.2. The van der Waals surface area contributed by atoms with E-state index in [1.165, 1.54) is 0 Å². The van der Waals surface area contributed by atoms with Crippen molar-refractivity contribution >= 4 is 22.3 Å². The second-order valence-electron chi connectivity index (χ2n) is 5.88. The van der Waals surface area contributed by atoms with Gasteiger partial charge in [-0.1, -0.05) is 30.3 Å². The summed E-state index contributed by atoms with van der Waals surface area (Å²) < 4.78 is 0. The first-order chi connectivity index (χ1) is 12.2. The first kappa shape index (κ1) is 15.1. The third kappa shape index (κ3) is 2.90. The minimum Gasteiger partial charge on any atom is -0.508 e. The molecule has 0 saturated carbocycles. The summed E-state index contributed by atoms with van der Waals surface area (Å²) in [5.41, 5.74) is 3.95. The smallest absolute Gasteiger partial charge is 0.138 e. The molecule has 0 unspecified atom stereocenters. The van der Waals surface area contributed by atoms with E-state index in [0.29, 0.717) is 0 Å². The highest BCUT2D eigenvalue weighted by molar-refractivity contribution is 6.03. The lowest BCUT2D eigenvalue weighted by atomic mass is 9.98. The molecule has 0 aliphatic heterocycles. The number of phenols is 1. The van der Waals surface area contributed by atoms with Crippen molar-refractivity contribution < 1.29 is 5.11 Å². The topological polar surface area (TPSA) is 58.0 Å². The van der Waals surface area contributed by atoms with Crippen molar-refractivity contribution in [1.82, 2.24) is 9.97 Å². The number of nitrogens with one attached hydrogen (secondary N) is 1. The van der Waals surface area contributed by atoms with Gasteiger partial charge >= 0.3 is 0 Å². The number of pyridine rings is 2. The number of aromatic nitrogens is 2. The highest BCUT2D eigenvalue weighted by Gasteiger charge is 2.13. The minimum atomic E-state index is 0.222. The predicted octanol–water partition coefficient (Wildman–Crippen LogP) is 5.05. The van der Waals surface area contributed by atoms with Gasteiger partial charge in [0.1, 0.15) is 11.6 Å². The summed E-state index contributed by atoms with van der Waals surface area (Å²) in [5, 5.41) is 15.2. The Morgan fingerprint density at radius 2 is 1.64 bits per heavy atom. The van der Waals surface area contributed by atoms with Gasteiger partial charge in [-0.25, -0.2) is 4.98 Å². The number of aromatic hydroxyl groups is 1. The van der Waals surface area contributed by atoms with Crippen molar-refractivity contribution in [2.45, 2.75) is 6.92 Å². The molecule has 0 aliphatic carbocycles. The van der Waals surface area contributed by atoms with Crippen molar-refractivity contribution in [3.8, 4) is 16.9 Å². The Kier molecular flexibility index (Phi) is 3.78. The third-order valence-corrected chi connectivity index (χ3v) is 4.17. The molecule has 2 N–H and O–H groups in total. The largest absolute Gasteiger partial charge is 0.508 e. The van der Waals surface area contributed by atoms with Gasteiger partial charge in [0, 0.05) is 40.8 Å². The quantitative estimate of drug-likeness (QED) is 0.552. The Labute approximate surface area is 145 Å². The summed E-state index contributed by atoms with van der Waals surface area (Å²) in [4.78, 5) is 8.90. The van der Waals surface area contributed by atoms with Gasteiger partial charge in [-0.2, -0.15) is 0 Å². The standard InChI is InChI=1S/C21H17N3O/c1-14-20(15-9-11-22-12-10-15)18-7-2-3-8-19(18)21(23-14)24-16-5-4-6-17(25)13-16/h2-13,25H,1H3,(H,23,24). The number of hydrogen-bond acceptors (Lipinski definition) is 4. The molecule has 4 nitrogen and oxygen atoms in total. The lowest BCUT2D eigenvalue weighted by Gasteiger charge is -2.15. The van der Waals surface area contributed by atoms with Crippen LogP contribution in [0.25, 0.3) is 21.9 Å². The SMILES string of the molecule is Cc1nc(Nc2cccc(O)c2)c2ccccc2c1-c1ccncc1. The Balaban J connectivity index is 1.90. The van der Waals surface area contributed by atoms with Crippen molar-refractivity contribution in [2.24, 2.45) is 0 Å². The molecule has 2 aromatic heterocycles. The number of nitrogens with zero attached hydrogens (tertiary/aromatic N) is 2. The third-order valence-electron chi connectivity index (χ3n) is 4.17. The van der Waals surface area contributed by atoms with Crippen LogP contribution < -0.4 is 5.32 Å². The molecular formula is C21H17N3O. The van der Waals surface area contributed by atoms with E-state index in [4.69, 9.17) is 4.98 Å². The van der Waals surface area contributed by atoms with E-state index in [1.54, 1.807) is 30.6 Å². The van der Waals surface area contributed by atoms with Crippen LogP contribution in [0.5, 0.6) is 5.75 Å². The van der Waals surface area contributed by atoms with E-state index in [9.17, 15) is 5.11 Å². The molecule has 0 aliphatic rings. The van der Waals surface area contributed by atoms with E-state index >= 15 is 0 Å². The van der Waals surface area contributed by atoms with Crippen LogP contribution >= 0.6 is 0 Å². The van der Waals surface area contributed by atoms with Crippen molar-refractivity contribution in [2.75, 3.05) is 5.32 Å². The average Bonchev–Trinajstić information content (AvgIpc) is 2.63. The van der Waals surface area contributed by atoms with Gasteiger partial charge in [-0.05, 0) is 42.1 Å². The maximum Gasteiger partial charge on any atom is 0.138 e. The molecule has 4 rings (SSSR count). The second kappa shape index (κ2) is 6.24. The number of rotatable bonds is 3. The molecule has 0 radical (unpaired) electrons. The number of hydrogen-bond donors (Lipinski definition) is 2. The van der Waals surface area contributed by atoms with Crippen LogP contribution in [0.4, 0.5) is 11.5 Å². The van der Waals surface area contributed by atoms with E-state index in [-0.39, 0.29) is 5.75 Å². The zero-order valence-corrected chi connectivity index (χ0v) is 13.8. The van der Waals surface area contributed by atoms with E-state index in [2.05, 4.69) is 22.4 Å². The van der Waals surface area contributed by atoms with Crippen LogP contribution in [-0.4, -0.2) is 15.1 Å². The molecular weight excluding hydrogens is 310 g/mol. The first-order valence-electron chi connectivity index (χ1n) is 8.08. The maximum absolute atomic E-state index is 9.69. The minimum absolute atomic E-state index is 0.222. The van der Waals surface area contributed by atoms with Gasteiger partial charge in [0.25, 0.3) is 0 Å². The molecule has 0 atom stereocenters. The molecule has 2 aromatic carbocycles. The molecule has 25 heavy (non-hydrogen) atoms. The van der Waals surface area contributed by atoms with Crippen molar-refractivity contribution in [3.05, 3.63) is 78.8 Å². The fourth-order valence-corrected chi connectivity index (χ4v) is 3.08. The lowest BCUT2D eigenvalue weighted by Crippen LogP contribution is -1.99. The lowest BCUT2D eigenvalue weighted by molar-refractivity contribution is 0.475. The molecule has 0 amide bonds. The molecule has 0 bridgehead atoms. The predicted molar refractivity (Wildman–Crippen MR) is 101 cm³/mol.